The monoisotopic (exact) mass is 278 g/mol. The number of carbonyl (C=O) groups is 2. The molecule has 1 unspecified atom stereocenters. The first kappa shape index (κ1) is 14.6. The molecular weight excluding hydrogens is 256 g/mol. The summed E-state index contributed by atoms with van der Waals surface area (Å²) in [5.41, 5.74) is 1.68. The van der Waals surface area contributed by atoms with E-state index in [0.717, 1.165) is 12.8 Å². The Morgan fingerprint density at radius 2 is 1.90 bits per heavy atom. The van der Waals surface area contributed by atoms with E-state index >= 15 is 0 Å². The Hall–Kier alpha value is -1.78. The maximum absolute atomic E-state index is 12.4. The molecule has 20 heavy (non-hydrogen) atoms. The van der Waals surface area contributed by atoms with E-state index in [0.29, 0.717) is 22.7 Å². The minimum Gasteiger partial charge on any atom is -0.477 e. The summed E-state index contributed by atoms with van der Waals surface area (Å²) in [5.74, 6) is -0.672. The number of nitrogens with one attached hydrogen (secondary N) is 2. The highest BCUT2D eigenvalue weighted by atomic mass is 16.4. The van der Waals surface area contributed by atoms with Crippen LogP contribution in [-0.2, 0) is 0 Å². The van der Waals surface area contributed by atoms with Gasteiger partial charge in [0.1, 0.15) is 5.69 Å². The number of aromatic amines is 1. The number of aryl methyl sites for hydroxylation is 1. The summed E-state index contributed by atoms with van der Waals surface area (Å²) in [6, 6.07) is 0.131. The Kier molecular flexibility index (Phi) is 4.16. The lowest BCUT2D eigenvalue weighted by Crippen LogP contribution is -2.37. The molecule has 1 fully saturated rings. The summed E-state index contributed by atoms with van der Waals surface area (Å²) in [7, 11) is 0. The Bertz CT molecular complexity index is 527. The molecule has 1 aliphatic carbocycles. The van der Waals surface area contributed by atoms with E-state index in [2.05, 4.69) is 10.3 Å². The standard InChI is InChI=1S/C15H22N2O3/c1-8-12(10(3)16-13(8)15(19)20)14(18)17-9(2)11-6-4-5-7-11/h9,11,16H,4-7H2,1-3H3,(H,17,18)(H,19,20). The third kappa shape index (κ3) is 2.71. The molecule has 5 nitrogen and oxygen atoms in total. The first-order chi connectivity index (χ1) is 9.41. The second kappa shape index (κ2) is 5.69. The van der Waals surface area contributed by atoms with E-state index in [9.17, 15) is 9.59 Å². The molecule has 0 aromatic carbocycles. The minimum absolute atomic E-state index is 0.0983. The first-order valence-corrected chi connectivity index (χ1v) is 7.15. The van der Waals surface area contributed by atoms with Crippen LogP contribution < -0.4 is 5.32 Å². The molecule has 0 spiro atoms. The van der Waals surface area contributed by atoms with Crippen molar-refractivity contribution in [3.8, 4) is 0 Å². The molecule has 2 rings (SSSR count). The molecular formula is C15H22N2O3. The molecule has 1 saturated carbocycles. The molecule has 1 heterocycles. The zero-order valence-corrected chi connectivity index (χ0v) is 12.2. The van der Waals surface area contributed by atoms with Crippen LogP contribution in [0.25, 0.3) is 0 Å². The third-order valence-corrected chi connectivity index (χ3v) is 4.34. The molecule has 1 aliphatic rings. The molecule has 1 atom stereocenters. The molecule has 0 aliphatic heterocycles. The maximum atomic E-state index is 12.4. The van der Waals surface area contributed by atoms with E-state index in [-0.39, 0.29) is 17.6 Å². The number of aromatic nitrogens is 1. The molecule has 110 valence electrons. The van der Waals surface area contributed by atoms with E-state index < -0.39 is 5.97 Å². The normalized spacial score (nSPS) is 17.1. The van der Waals surface area contributed by atoms with Crippen molar-refractivity contribution in [1.82, 2.24) is 10.3 Å². The highest BCUT2D eigenvalue weighted by molar-refractivity contribution is 6.00. The molecule has 5 heteroatoms. The van der Waals surface area contributed by atoms with Crippen LogP contribution in [0, 0.1) is 19.8 Å². The fourth-order valence-electron chi connectivity index (χ4n) is 3.16. The summed E-state index contributed by atoms with van der Waals surface area (Å²) in [5, 5.41) is 12.1. The third-order valence-electron chi connectivity index (χ3n) is 4.34. The first-order valence-electron chi connectivity index (χ1n) is 7.15. The number of amides is 1. The topological polar surface area (TPSA) is 82.2 Å². The fraction of sp³-hybridized carbons (Fsp3) is 0.600. The van der Waals surface area contributed by atoms with E-state index in [1.54, 1.807) is 13.8 Å². The molecule has 1 aromatic rings. The Balaban J connectivity index is 2.14. The van der Waals surface area contributed by atoms with Gasteiger partial charge in [0.25, 0.3) is 5.91 Å². The van der Waals surface area contributed by atoms with Gasteiger partial charge in [-0.1, -0.05) is 12.8 Å². The number of aromatic carboxylic acids is 1. The summed E-state index contributed by atoms with van der Waals surface area (Å²) in [6.07, 6.45) is 4.78. The minimum atomic E-state index is -1.03. The van der Waals surface area contributed by atoms with Crippen LogP contribution in [0.3, 0.4) is 0 Å². The van der Waals surface area contributed by atoms with Gasteiger partial charge in [0, 0.05) is 11.7 Å². The van der Waals surface area contributed by atoms with Crippen molar-refractivity contribution in [2.45, 2.75) is 52.5 Å². The van der Waals surface area contributed by atoms with Crippen molar-refractivity contribution in [2.75, 3.05) is 0 Å². The molecule has 3 N–H and O–H groups in total. The van der Waals surface area contributed by atoms with E-state index in [4.69, 9.17) is 5.11 Å². The lowest BCUT2D eigenvalue weighted by atomic mass is 9.99. The van der Waals surface area contributed by atoms with Crippen molar-refractivity contribution in [3.05, 3.63) is 22.5 Å². The number of hydrogen-bond acceptors (Lipinski definition) is 2. The Labute approximate surface area is 118 Å². The van der Waals surface area contributed by atoms with Gasteiger partial charge in [-0.2, -0.15) is 0 Å². The fourth-order valence-corrected chi connectivity index (χ4v) is 3.16. The number of carbonyl (C=O) groups excluding carboxylic acids is 1. The van der Waals surface area contributed by atoms with Crippen molar-refractivity contribution >= 4 is 11.9 Å². The quantitative estimate of drug-likeness (QED) is 0.791. The van der Waals surface area contributed by atoms with Crippen LogP contribution in [0.4, 0.5) is 0 Å². The Morgan fingerprint density at radius 1 is 1.30 bits per heavy atom. The average Bonchev–Trinajstić information content (AvgIpc) is 2.97. The summed E-state index contributed by atoms with van der Waals surface area (Å²) < 4.78 is 0. The lowest BCUT2D eigenvalue weighted by Gasteiger charge is -2.20. The second-order valence-corrected chi connectivity index (χ2v) is 5.74. The van der Waals surface area contributed by atoms with Crippen molar-refractivity contribution < 1.29 is 14.7 Å². The van der Waals surface area contributed by atoms with Gasteiger partial charge < -0.3 is 15.4 Å². The van der Waals surface area contributed by atoms with Crippen molar-refractivity contribution in [3.63, 3.8) is 0 Å². The lowest BCUT2D eigenvalue weighted by molar-refractivity contribution is 0.0690. The summed E-state index contributed by atoms with van der Waals surface area (Å²) in [6.45, 7) is 5.43. The molecule has 1 aromatic heterocycles. The van der Waals surface area contributed by atoms with Gasteiger partial charge in [-0.05, 0) is 45.1 Å². The highest BCUT2D eigenvalue weighted by Crippen LogP contribution is 2.28. The van der Waals surface area contributed by atoms with Crippen LogP contribution in [0.5, 0.6) is 0 Å². The van der Waals surface area contributed by atoms with E-state index in [1.807, 2.05) is 6.92 Å². The van der Waals surface area contributed by atoms with Crippen LogP contribution in [0.15, 0.2) is 0 Å². The predicted molar refractivity (Wildman–Crippen MR) is 76.1 cm³/mol. The number of H-pyrrole nitrogens is 1. The van der Waals surface area contributed by atoms with Crippen molar-refractivity contribution in [1.29, 1.82) is 0 Å². The Morgan fingerprint density at radius 3 is 2.40 bits per heavy atom. The largest absolute Gasteiger partial charge is 0.477 e. The molecule has 0 saturated heterocycles. The maximum Gasteiger partial charge on any atom is 0.352 e. The molecule has 0 radical (unpaired) electrons. The van der Waals surface area contributed by atoms with Crippen LogP contribution in [-0.4, -0.2) is 28.0 Å². The van der Waals surface area contributed by atoms with Gasteiger partial charge in [-0.3, -0.25) is 4.79 Å². The van der Waals surface area contributed by atoms with E-state index in [1.165, 1.54) is 12.8 Å². The highest BCUT2D eigenvalue weighted by Gasteiger charge is 2.26. The van der Waals surface area contributed by atoms with Gasteiger partial charge in [-0.25, -0.2) is 4.79 Å². The SMILES string of the molecule is Cc1[nH]c(C(=O)O)c(C)c1C(=O)NC(C)C1CCCC1. The van der Waals surface area contributed by atoms with Gasteiger partial charge in [0.2, 0.25) is 0 Å². The molecule has 0 bridgehead atoms. The van der Waals surface area contributed by atoms with Crippen LogP contribution in [0.1, 0.15) is 64.7 Å². The summed E-state index contributed by atoms with van der Waals surface area (Å²) >= 11 is 0. The summed E-state index contributed by atoms with van der Waals surface area (Å²) in [4.78, 5) is 26.2. The van der Waals surface area contributed by atoms with Crippen LogP contribution >= 0.6 is 0 Å². The average molecular weight is 278 g/mol. The predicted octanol–water partition coefficient (Wildman–Crippen LogP) is 2.64. The van der Waals surface area contributed by atoms with Crippen LogP contribution in [0.2, 0.25) is 0 Å². The van der Waals surface area contributed by atoms with Crippen molar-refractivity contribution in [2.24, 2.45) is 5.92 Å². The van der Waals surface area contributed by atoms with Gasteiger partial charge in [0.05, 0.1) is 5.56 Å². The second-order valence-electron chi connectivity index (χ2n) is 5.74. The molecule has 1 amide bonds. The number of carboxylic acid groups (broad SMARTS) is 1. The smallest absolute Gasteiger partial charge is 0.352 e. The number of carboxylic acids is 1. The van der Waals surface area contributed by atoms with Gasteiger partial charge >= 0.3 is 5.97 Å². The number of hydrogen-bond donors (Lipinski definition) is 3. The van der Waals surface area contributed by atoms with Gasteiger partial charge in [-0.15, -0.1) is 0 Å². The number of rotatable bonds is 4. The van der Waals surface area contributed by atoms with Gasteiger partial charge in [0.15, 0.2) is 0 Å². The zero-order chi connectivity index (χ0) is 14.9. The zero-order valence-electron chi connectivity index (χ0n) is 12.2.